The molecule has 1 N–H and O–H groups in total. The largest absolute Gasteiger partial charge is 0.384 e. The van der Waals surface area contributed by atoms with Gasteiger partial charge in [0.1, 0.15) is 17.7 Å². The van der Waals surface area contributed by atoms with Gasteiger partial charge in [0, 0.05) is 5.56 Å². The van der Waals surface area contributed by atoms with Gasteiger partial charge in [-0.3, -0.25) is 0 Å². The fraction of sp³-hybridized carbons (Fsp3) is 0.200. The van der Waals surface area contributed by atoms with Gasteiger partial charge in [-0.1, -0.05) is 31.2 Å². The second kappa shape index (κ2) is 5.27. The van der Waals surface area contributed by atoms with E-state index in [1.807, 2.05) is 13.0 Å². The highest BCUT2D eigenvalue weighted by Crippen LogP contribution is 2.25. The molecule has 1 nitrogen and oxygen atoms in total. The van der Waals surface area contributed by atoms with Crippen LogP contribution in [0.3, 0.4) is 0 Å². The van der Waals surface area contributed by atoms with Crippen LogP contribution in [-0.4, -0.2) is 5.11 Å². The molecule has 2 aromatic rings. The number of hydrogen-bond acceptors (Lipinski definition) is 1. The van der Waals surface area contributed by atoms with Gasteiger partial charge in [-0.05, 0) is 35.7 Å². The Labute approximate surface area is 105 Å². The van der Waals surface area contributed by atoms with Crippen LogP contribution in [0.5, 0.6) is 0 Å². The molecule has 0 heterocycles. The molecule has 2 aromatic carbocycles. The van der Waals surface area contributed by atoms with Gasteiger partial charge in [-0.15, -0.1) is 0 Å². The highest BCUT2D eigenvalue weighted by atomic mass is 19.1. The zero-order valence-electron chi connectivity index (χ0n) is 10.0. The lowest BCUT2D eigenvalue weighted by molar-refractivity contribution is 0.214. The summed E-state index contributed by atoms with van der Waals surface area (Å²) >= 11 is 0. The summed E-state index contributed by atoms with van der Waals surface area (Å²) in [6, 6.07) is 10.3. The van der Waals surface area contributed by atoms with E-state index in [1.165, 1.54) is 0 Å². The van der Waals surface area contributed by atoms with Crippen LogP contribution in [0, 0.1) is 11.6 Å². The molecule has 0 radical (unpaired) electrons. The van der Waals surface area contributed by atoms with Gasteiger partial charge >= 0.3 is 0 Å². The highest BCUT2D eigenvalue weighted by Gasteiger charge is 2.16. The zero-order valence-corrected chi connectivity index (χ0v) is 10.0. The summed E-state index contributed by atoms with van der Waals surface area (Å²) in [6.45, 7) is 1.99. The molecular weight excluding hydrogens is 234 g/mol. The smallest absolute Gasteiger partial charge is 0.129 e. The van der Waals surface area contributed by atoms with Crippen LogP contribution < -0.4 is 0 Å². The average molecular weight is 248 g/mol. The quantitative estimate of drug-likeness (QED) is 0.879. The van der Waals surface area contributed by atoms with Crippen molar-refractivity contribution in [1.82, 2.24) is 0 Å². The van der Waals surface area contributed by atoms with Gasteiger partial charge in [0.15, 0.2) is 0 Å². The Balaban J connectivity index is 2.40. The Morgan fingerprint density at radius 2 is 1.89 bits per heavy atom. The maximum Gasteiger partial charge on any atom is 0.129 e. The van der Waals surface area contributed by atoms with E-state index in [4.69, 9.17) is 0 Å². The summed E-state index contributed by atoms with van der Waals surface area (Å²) in [5.74, 6) is -1.16. The van der Waals surface area contributed by atoms with Crippen molar-refractivity contribution < 1.29 is 13.9 Å². The first kappa shape index (κ1) is 12.7. The number of aliphatic hydroxyl groups is 1. The van der Waals surface area contributed by atoms with Crippen LogP contribution in [0.15, 0.2) is 42.5 Å². The van der Waals surface area contributed by atoms with Crippen molar-refractivity contribution in [3.8, 4) is 0 Å². The van der Waals surface area contributed by atoms with Crippen molar-refractivity contribution in [3.63, 3.8) is 0 Å². The van der Waals surface area contributed by atoms with Crippen LogP contribution in [0.4, 0.5) is 8.78 Å². The molecule has 1 unspecified atom stereocenters. The van der Waals surface area contributed by atoms with Crippen molar-refractivity contribution in [2.24, 2.45) is 0 Å². The van der Waals surface area contributed by atoms with E-state index in [-0.39, 0.29) is 5.56 Å². The van der Waals surface area contributed by atoms with Crippen LogP contribution >= 0.6 is 0 Å². The SMILES string of the molecule is CCc1cccc(C(O)c2cc(F)ccc2F)c1. The van der Waals surface area contributed by atoms with Gasteiger partial charge < -0.3 is 5.11 Å². The Hall–Kier alpha value is -1.74. The lowest BCUT2D eigenvalue weighted by atomic mass is 9.98. The molecule has 0 aliphatic heterocycles. The van der Waals surface area contributed by atoms with E-state index < -0.39 is 17.7 Å². The number of aryl methyl sites for hydroxylation is 1. The highest BCUT2D eigenvalue weighted by molar-refractivity contribution is 5.33. The van der Waals surface area contributed by atoms with Gasteiger partial charge in [-0.2, -0.15) is 0 Å². The summed E-state index contributed by atoms with van der Waals surface area (Å²) in [5, 5.41) is 10.1. The summed E-state index contributed by atoms with van der Waals surface area (Å²) in [5.41, 5.74) is 1.57. The number of benzene rings is 2. The predicted octanol–water partition coefficient (Wildman–Crippen LogP) is 3.61. The minimum Gasteiger partial charge on any atom is -0.384 e. The summed E-state index contributed by atoms with van der Waals surface area (Å²) in [6.07, 6.45) is -0.321. The maximum absolute atomic E-state index is 13.6. The fourth-order valence-corrected chi connectivity index (χ4v) is 1.89. The van der Waals surface area contributed by atoms with Crippen molar-refractivity contribution in [2.45, 2.75) is 19.4 Å². The van der Waals surface area contributed by atoms with E-state index in [0.29, 0.717) is 5.56 Å². The van der Waals surface area contributed by atoms with E-state index >= 15 is 0 Å². The molecule has 0 saturated heterocycles. The molecule has 3 heteroatoms. The molecule has 0 aliphatic carbocycles. The summed E-state index contributed by atoms with van der Waals surface area (Å²) < 4.78 is 26.7. The molecule has 0 bridgehead atoms. The first-order chi connectivity index (χ1) is 8.61. The monoisotopic (exact) mass is 248 g/mol. The van der Waals surface area contributed by atoms with E-state index in [9.17, 15) is 13.9 Å². The third kappa shape index (κ3) is 2.57. The molecule has 0 saturated carbocycles. The second-order valence-electron chi connectivity index (χ2n) is 4.17. The van der Waals surface area contributed by atoms with Gasteiger partial charge in [0.25, 0.3) is 0 Å². The molecule has 0 amide bonds. The fourth-order valence-electron chi connectivity index (χ4n) is 1.89. The van der Waals surface area contributed by atoms with Gasteiger partial charge in [-0.25, -0.2) is 8.78 Å². The van der Waals surface area contributed by atoms with Crippen molar-refractivity contribution in [1.29, 1.82) is 0 Å². The first-order valence-corrected chi connectivity index (χ1v) is 5.83. The lowest BCUT2D eigenvalue weighted by Crippen LogP contribution is -2.03. The maximum atomic E-state index is 13.6. The summed E-state index contributed by atoms with van der Waals surface area (Å²) in [7, 11) is 0. The number of aliphatic hydroxyl groups excluding tert-OH is 1. The topological polar surface area (TPSA) is 20.2 Å². The van der Waals surface area contributed by atoms with E-state index in [1.54, 1.807) is 18.2 Å². The third-order valence-electron chi connectivity index (χ3n) is 2.93. The zero-order chi connectivity index (χ0) is 13.1. The van der Waals surface area contributed by atoms with Crippen molar-refractivity contribution >= 4 is 0 Å². The van der Waals surface area contributed by atoms with Crippen LogP contribution in [0.1, 0.15) is 29.7 Å². The third-order valence-corrected chi connectivity index (χ3v) is 2.93. The minimum absolute atomic E-state index is 0.0387. The van der Waals surface area contributed by atoms with Crippen LogP contribution in [0.2, 0.25) is 0 Å². The Bertz CT molecular complexity index is 552. The normalized spacial score (nSPS) is 12.4. The molecule has 0 aromatic heterocycles. The average Bonchev–Trinajstić information content (AvgIpc) is 2.41. The van der Waals surface area contributed by atoms with Gasteiger partial charge in [0.05, 0.1) is 0 Å². The predicted molar refractivity (Wildman–Crippen MR) is 66.2 cm³/mol. The molecule has 2 rings (SSSR count). The molecule has 0 spiro atoms. The molecule has 94 valence electrons. The number of rotatable bonds is 3. The molecule has 1 atom stereocenters. The Morgan fingerprint density at radius 1 is 1.11 bits per heavy atom. The van der Waals surface area contributed by atoms with E-state index in [0.717, 1.165) is 30.2 Å². The Morgan fingerprint density at radius 3 is 2.61 bits per heavy atom. The van der Waals surface area contributed by atoms with Crippen LogP contribution in [-0.2, 0) is 6.42 Å². The first-order valence-electron chi connectivity index (χ1n) is 5.83. The molecule has 18 heavy (non-hydrogen) atoms. The molecule has 0 fully saturated rings. The summed E-state index contributed by atoms with van der Waals surface area (Å²) in [4.78, 5) is 0. The van der Waals surface area contributed by atoms with Crippen molar-refractivity contribution in [3.05, 3.63) is 70.8 Å². The van der Waals surface area contributed by atoms with Crippen molar-refractivity contribution in [2.75, 3.05) is 0 Å². The second-order valence-corrected chi connectivity index (χ2v) is 4.17. The Kier molecular flexibility index (Phi) is 3.72. The van der Waals surface area contributed by atoms with E-state index in [2.05, 4.69) is 0 Å². The molecule has 0 aliphatic rings. The number of hydrogen-bond donors (Lipinski definition) is 1. The minimum atomic E-state index is -1.15. The standard InChI is InChI=1S/C15H14F2O/c1-2-10-4-3-5-11(8-10)15(18)13-9-12(16)6-7-14(13)17/h3-9,15,18H,2H2,1H3. The number of halogens is 2. The molecular formula is C15H14F2O. The van der Waals surface area contributed by atoms with Crippen LogP contribution in [0.25, 0.3) is 0 Å². The lowest BCUT2D eigenvalue weighted by Gasteiger charge is -2.13. The van der Waals surface area contributed by atoms with Gasteiger partial charge in [0.2, 0.25) is 0 Å².